The molecule has 1 aromatic rings. The van der Waals surface area contributed by atoms with Crippen LogP contribution in [-0.2, 0) is 16.0 Å². The van der Waals surface area contributed by atoms with E-state index in [2.05, 4.69) is 25.1 Å². The van der Waals surface area contributed by atoms with Crippen LogP contribution in [0.5, 0.6) is 5.75 Å². The first-order valence-electron chi connectivity index (χ1n) is 9.65. The molecule has 1 aromatic carbocycles. The number of aryl methyl sites for hydroxylation is 1. The lowest BCUT2D eigenvalue weighted by atomic mass is 9.53. The molecular formula is C22H26O3. The van der Waals surface area contributed by atoms with Gasteiger partial charge in [-0.05, 0) is 79.5 Å². The molecule has 2 fully saturated rings. The number of methoxy groups -OCH3 is 1. The van der Waals surface area contributed by atoms with Gasteiger partial charge in [0.15, 0.2) is 5.60 Å². The van der Waals surface area contributed by atoms with Gasteiger partial charge in [0.2, 0.25) is 5.78 Å². The third-order valence-corrected chi connectivity index (χ3v) is 7.94. The first-order chi connectivity index (χ1) is 12.1. The number of fused-ring (bicyclic) bond motifs is 6. The maximum atomic E-state index is 12.7. The van der Waals surface area contributed by atoms with Crippen molar-refractivity contribution in [2.24, 2.45) is 17.3 Å². The quantitative estimate of drug-likeness (QED) is 0.761. The van der Waals surface area contributed by atoms with Crippen molar-refractivity contribution in [1.29, 1.82) is 0 Å². The molecule has 3 aliphatic carbocycles. The molecule has 25 heavy (non-hydrogen) atoms. The molecule has 0 amide bonds. The summed E-state index contributed by atoms with van der Waals surface area (Å²) in [5.74, 6) is 3.07. The van der Waals surface area contributed by atoms with Crippen molar-refractivity contribution in [3.8, 4) is 5.75 Å². The van der Waals surface area contributed by atoms with E-state index in [9.17, 15) is 4.79 Å². The van der Waals surface area contributed by atoms with E-state index >= 15 is 0 Å². The molecule has 5 rings (SSSR count). The van der Waals surface area contributed by atoms with Crippen LogP contribution in [0.25, 0.3) is 0 Å². The average Bonchev–Trinajstić information content (AvgIpc) is 3.16. The summed E-state index contributed by atoms with van der Waals surface area (Å²) in [6, 6.07) is 6.62. The maximum absolute atomic E-state index is 12.7. The highest BCUT2D eigenvalue weighted by atomic mass is 16.5. The van der Waals surface area contributed by atoms with Crippen LogP contribution >= 0.6 is 0 Å². The van der Waals surface area contributed by atoms with Crippen molar-refractivity contribution in [3.63, 3.8) is 0 Å². The Hall–Kier alpha value is -1.77. The molecule has 1 spiro atoms. The lowest BCUT2D eigenvalue weighted by molar-refractivity contribution is -0.147. The minimum atomic E-state index is -0.567. The molecule has 0 saturated heterocycles. The fourth-order valence-corrected chi connectivity index (χ4v) is 6.69. The third-order valence-electron chi connectivity index (χ3n) is 7.94. The van der Waals surface area contributed by atoms with Gasteiger partial charge in [0.1, 0.15) is 5.75 Å². The molecule has 1 heterocycles. The third kappa shape index (κ3) is 1.84. The zero-order valence-electron chi connectivity index (χ0n) is 15.1. The Bertz CT molecular complexity index is 767. The molecule has 2 saturated carbocycles. The Morgan fingerprint density at radius 3 is 2.84 bits per heavy atom. The summed E-state index contributed by atoms with van der Waals surface area (Å²) < 4.78 is 11.4. The molecular weight excluding hydrogens is 312 g/mol. The Morgan fingerprint density at radius 2 is 2.08 bits per heavy atom. The first-order valence-corrected chi connectivity index (χ1v) is 9.65. The molecule has 0 N–H and O–H groups in total. The van der Waals surface area contributed by atoms with Crippen LogP contribution in [0.3, 0.4) is 0 Å². The predicted octanol–water partition coefficient (Wildman–Crippen LogP) is 4.40. The summed E-state index contributed by atoms with van der Waals surface area (Å²) in [6.45, 7) is 2.33. The number of carbonyl (C=O) groups is 1. The van der Waals surface area contributed by atoms with Crippen molar-refractivity contribution in [1.82, 2.24) is 0 Å². The van der Waals surface area contributed by atoms with Gasteiger partial charge in [-0.15, -0.1) is 0 Å². The molecule has 1 aliphatic heterocycles. The zero-order valence-corrected chi connectivity index (χ0v) is 15.1. The van der Waals surface area contributed by atoms with E-state index in [0.717, 1.165) is 37.9 Å². The van der Waals surface area contributed by atoms with Gasteiger partial charge in [-0.3, -0.25) is 4.79 Å². The summed E-state index contributed by atoms with van der Waals surface area (Å²) in [5, 5.41) is 0. The van der Waals surface area contributed by atoms with Crippen molar-refractivity contribution in [3.05, 3.63) is 41.7 Å². The smallest absolute Gasteiger partial charge is 0.202 e. The van der Waals surface area contributed by atoms with E-state index in [4.69, 9.17) is 9.47 Å². The van der Waals surface area contributed by atoms with Crippen LogP contribution in [-0.4, -0.2) is 18.5 Å². The fraction of sp³-hybridized carbons (Fsp3) is 0.591. The Morgan fingerprint density at radius 1 is 1.20 bits per heavy atom. The Balaban J connectivity index is 1.51. The zero-order chi connectivity index (χ0) is 17.2. The normalized spacial score (nSPS) is 41.2. The van der Waals surface area contributed by atoms with Crippen molar-refractivity contribution in [2.75, 3.05) is 7.11 Å². The predicted molar refractivity (Wildman–Crippen MR) is 95.6 cm³/mol. The van der Waals surface area contributed by atoms with Crippen LogP contribution < -0.4 is 4.74 Å². The summed E-state index contributed by atoms with van der Waals surface area (Å²) in [6.07, 6.45) is 9.90. The number of hydrogen-bond acceptors (Lipinski definition) is 3. The number of benzene rings is 1. The van der Waals surface area contributed by atoms with E-state index in [1.165, 1.54) is 17.5 Å². The summed E-state index contributed by atoms with van der Waals surface area (Å²) in [4.78, 5) is 12.7. The van der Waals surface area contributed by atoms with Crippen LogP contribution in [0.4, 0.5) is 0 Å². The van der Waals surface area contributed by atoms with Gasteiger partial charge in [0.05, 0.1) is 13.4 Å². The number of ketones is 1. The van der Waals surface area contributed by atoms with Gasteiger partial charge < -0.3 is 9.47 Å². The molecule has 3 heteroatoms. The van der Waals surface area contributed by atoms with Gasteiger partial charge in [-0.1, -0.05) is 13.0 Å². The second kappa shape index (κ2) is 5.12. The second-order valence-electron chi connectivity index (χ2n) is 8.59. The van der Waals surface area contributed by atoms with E-state index < -0.39 is 5.60 Å². The monoisotopic (exact) mass is 338 g/mol. The minimum absolute atomic E-state index is 0.0152. The molecule has 4 aliphatic rings. The Kier molecular flexibility index (Phi) is 3.17. The van der Waals surface area contributed by atoms with E-state index in [-0.39, 0.29) is 11.2 Å². The van der Waals surface area contributed by atoms with Gasteiger partial charge >= 0.3 is 0 Å². The summed E-state index contributed by atoms with van der Waals surface area (Å²) >= 11 is 0. The lowest BCUT2D eigenvalue weighted by Gasteiger charge is -2.52. The molecule has 5 atom stereocenters. The summed E-state index contributed by atoms with van der Waals surface area (Å²) in [5.41, 5.74) is 2.41. The minimum Gasteiger partial charge on any atom is -0.497 e. The van der Waals surface area contributed by atoms with Crippen LogP contribution in [0.1, 0.15) is 56.1 Å². The maximum Gasteiger partial charge on any atom is 0.202 e. The fourth-order valence-electron chi connectivity index (χ4n) is 6.69. The van der Waals surface area contributed by atoms with Gasteiger partial charge in [0, 0.05) is 11.5 Å². The number of rotatable bonds is 1. The molecule has 0 radical (unpaired) electrons. The number of ether oxygens (including phenoxy) is 2. The highest BCUT2D eigenvalue weighted by Gasteiger charge is 2.66. The van der Waals surface area contributed by atoms with Gasteiger partial charge in [0.25, 0.3) is 0 Å². The number of hydrogen-bond donors (Lipinski definition) is 0. The average molecular weight is 338 g/mol. The van der Waals surface area contributed by atoms with Crippen LogP contribution in [0, 0.1) is 17.3 Å². The molecule has 0 aromatic heterocycles. The largest absolute Gasteiger partial charge is 0.497 e. The van der Waals surface area contributed by atoms with Gasteiger partial charge in [-0.25, -0.2) is 0 Å². The van der Waals surface area contributed by atoms with E-state index in [1.807, 2.05) is 0 Å². The van der Waals surface area contributed by atoms with Gasteiger partial charge in [-0.2, -0.15) is 0 Å². The lowest BCUT2D eigenvalue weighted by Crippen LogP contribution is -2.54. The molecule has 3 nitrogen and oxygen atoms in total. The first kappa shape index (κ1) is 15.5. The Labute approximate surface area is 149 Å². The van der Waals surface area contributed by atoms with Crippen LogP contribution in [0.2, 0.25) is 0 Å². The standard InChI is InChI=1S/C22H26O3/c1-21-10-7-17-16-6-4-15(24-2)13-14(16)3-5-18(17)19(21)8-11-22(21)20(23)9-12-25-22/h4,6,9,12-13,17-19H,3,5,7-8,10-11H2,1-2H3/t17-,18-,19+,21+,22-/m1/s1. The molecule has 0 unspecified atom stereocenters. The SMILES string of the molecule is COc1ccc2c(c1)CC[C@@H]1[C@@H]2CC[C@@]2(C)[C@H]1CC[C@]21OC=CC1=O. The van der Waals surface area contributed by atoms with E-state index in [1.54, 1.807) is 19.4 Å². The van der Waals surface area contributed by atoms with E-state index in [0.29, 0.717) is 17.8 Å². The van der Waals surface area contributed by atoms with Crippen molar-refractivity contribution < 1.29 is 14.3 Å². The van der Waals surface area contributed by atoms with Crippen molar-refractivity contribution >= 4 is 5.78 Å². The van der Waals surface area contributed by atoms with Crippen molar-refractivity contribution in [2.45, 2.75) is 57.0 Å². The highest BCUT2D eigenvalue weighted by molar-refractivity contribution is 5.99. The highest BCUT2D eigenvalue weighted by Crippen LogP contribution is 2.66. The van der Waals surface area contributed by atoms with Crippen LogP contribution in [0.15, 0.2) is 30.5 Å². The second-order valence-corrected chi connectivity index (χ2v) is 8.59. The topological polar surface area (TPSA) is 35.5 Å². The molecule has 0 bridgehead atoms. The number of carbonyl (C=O) groups excluding carboxylic acids is 1. The molecule has 132 valence electrons. The summed E-state index contributed by atoms with van der Waals surface area (Å²) in [7, 11) is 1.74.